The summed E-state index contributed by atoms with van der Waals surface area (Å²) in [4.78, 5) is 43.8. The Hall–Kier alpha value is -3.28. The summed E-state index contributed by atoms with van der Waals surface area (Å²) in [5.41, 5.74) is 1.57. The number of nitrogens with zero attached hydrogens (tertiary/aromatic N) is 2. The number of amides is 2. The van der Waals surface area contributed by atoms with Crippen LogP contribution in [0.25, 0.3) is 6.08 Å². The van der Waals surface area contributed by atoms with E-state index in [0.29, 0.717) is 5.69 Å². The number of fused-ring (bicyclic) bond motifs is 5. The molecule has 2 amide bonds. The van der Waals surface area contributed by atoms with Crippen molar-refractivity contribution in [3.63, 3.8) is 0 Å². The first-order chi connectivity index (χ1) is 14.7. The minimum Gasteiger partial charge on any atom is -0.359 e. The molecule has 4 atom stereocenters. The van der Waals surface area contributed by atoms with Gasteiger partial charge in [0.1, 0.15) is 11.9 Å². The molecule has 158 valence electrons. The van der Waals surface area contributed by atoms with Crippen molar-refractivity contribution in [2.75, 3.05) is 4.90 Å². The molecule has 0 aromatic heterocycles. The number of carbonyl (C=O) groups is 3. The molecule has 5 nitrogen and oxygen atoms in total. The van der Waals surface area contributed by atoms with Crippen LogP contribution in [0.3, 0.4) is 0 Å². The predicted molar refractivity (Wildman–Crippen MR) is 114 cm³/mol. The minimum absolute atomic E-state index is 0.0730. The number of hydrogen-bond donors (Lipinski definition) is 0. The number of halogens is 1. The second-order valence-electron chi connectivity index (χ2n) is 9.44. The van der Waals surface area contributed by atoms with Crippen LogP contribution in [0.2, 0.25) is 0 Å². The number of hydrogen-bond acceptors (Lipinski definition) is 4. The van der Waals surface area contributed by atoms with Crippen molar-refractivity contribution < 1.29 is 18.8 Å². The van der Waals surface area contributed by atoms with Crippen LogP contribution in [0.1, 0.15) is 37.9 Å². The fraction of sp³-hybridized carbons (Fsp3) is 0.320. The SMILES string of the molecule is CC(C)(C)C(=O)[C@H]1[C@@H]2C(=O)N(c3ccc(F)cc3)C(=O)[C@@H]2[C@H]2c3ccccc3C=CN21. The van der Waals surface area contributed by atoms with Gasteiger partial charge in [0.25, 0.3) is 0 Å². The Balaban J connectivity index is 1.66. The van der Waals surface area contributed by atoms with Crippen LogP contribution >= 0.6 is 0 Å². The molecular weight excluding hydrogens is 395 g/mol. The van der Waals surface area contributed by atoms with Crippen LogP contribution in [-0.4, -0.2) is 28.5 Å². The Bertz CT molecular complexity index is 1130. The quantitative estimate of drug-likeness (QED) is 0.693. The van der Waals surface area contributed by atoms with Crippen molar-refractivity contribution in [1.29, 1.82) is 0 Å². The van der Waals surface area contributed by atoms with E-state index < -0.39 is 41.1 Å². The molecule has 0 N–H and O–H groups in total. The molecule has 0 aliphatic carbocycles. The molecule has 0 spiro atoms. The first-order valence-corrected chi connectivity index (χ1v) is 10.4. The highest BCUT2D eigenvalue weighted by Crippen LogP contribution is 2.54. The van der Waals surface area contributed by atoms with Crippen molar-refractivity contribution in [2.24, 2.45) is 17.3 Å². The summed E-state index contributed by atoms with van der Waals surface area (Å²) in [7, 11) is 0. The fourth-order valence-electron chi connectivity index (χ4n) is 5.15. The summed E-state index contributed by atoms with van der Waals surface area (Å²) < 4.78 is 13.4. The van der Waals surface area contributed by atoms with Crippen LogP contribution in [0, 0.1) is 23.1 Å². The van der Waals surface area contributed by atoms with Gasteiger partial charge in [0, 0.05) is 11.6 Å². The maximum atomic E-state index is 13.6. The van der Waals surface area contributed by atoms with E-state index in [1.54, 1.807) is 0 Å². The highest BCUT2D eigenvalue weighted by atomic mass is 19.1. The third-order valence-corrected chi connectivity index (χ3v) is 6.55. The van der Waals surface area contributed by atoms with Crippen LogP contribution in [0.15, 0.2) is 54.7 Å². The maximum absolute atomic E-state index is 13.6. The van der Waals surface area contributed by atoms with Crippen molar-refractivity contribution >= 4 is 29.4 Å². The van der Waals surface area contributed by atoms with Gasteiger partial charge in [-0.1, -0.05) is 45.0 Å². The van der Waals surface area contributed by atoms with Gasteiger partial charge < -0.3 is 4.90 Å². The van der Waals surface area contributed by atoms with Crippen molar-refractivity contribution in [3.05, 3.63) is 71.7 Å². The number of anilines is 1. The molecule has 6 heteroatoms. The number of ketones is 1. The van der Waals surface area contributed by atoms with Gasteiger partial charge >= 0.3 is 0 Å². The third kappa shape index (κ3) is 2.77. The lowest BCUT2D eigenvalue weighted by atomic mass is 9.79. The van der Waals surface area contributed by atoms with E-state index in [9.17, 15) is 18.8 Å². The summed E-state index contributed by atoms with van der Waals surface area (Å²) in [5.74, 6) is -2.72. The van der Waals surface area contributed by atoms with E-state index in [2.05, 4.69) is 0 Å². The van der Waals surface area contributed by atoms with E-state index >= 15 is 0 Å². The normalized spacial score (nSPS) is 26.7. The Morgan fingerprint density at radius 2 is 1.58 bits per heavy atom. The molecule has 2 aromatic rings. The van der Waals surface area contributed by atoms with E-state index in [-0.39, 0.29) is 11.7 Å². The minimum atomic E-state index is -0.787. The lowest BCUT2D eigenvalue weighted by molar-refractivity contribution is -0.135. The van der Waals surface area contributed by atoms with Crippen molar-refractivity contribution in [3.8, 4) is 0 Å². The molecule has 0 bridgehead atoms. The Kier molecular flexibility index (Phi) is 4.19. The molecule has 2 fully saturated rings. The Labute approximate surface area is 180 Å². The molecule has 31 heavy (non-hydrogen) atoms. The molecule has 0 radical (unpaired) electrons. The molecule has 0 saturated carbocycles. The van der Waals surface area contributed by atoms with Gasteiger partial charge in [-0.25, -0.2) is 9.29 Å². The molecule has 3 heterocycles. The summed E-state index contributed by atoms with van der Waals surface area (Å²) in [6, 6.07) is 11.9. The van der Waals surface area contributed by atoms with Gasteiger partial charge in [0.15, 0.2) is 5.78 Å². The summed E-state index contributed by atoms with van der Waals surface area (Å²) in [5, 5.41) is 0. The second kappa shape index (κ2) is 6.61. The van der Waals surface area contributed by atoms with E-state index in [4.69, 9.17) is 0 Å². The number of imide groups is 1. The molecule has 3 aliphatic heterocycles. The highest BCUT2D eigenvalue weighted by Gasteiger charge is 2.65. The summed E-state index contributed by atoms with van der Waals surface area (Å²) >= 11 is 0. The van der Waals surface area contributed by atoms with Crippen LogP contribution in [0.5, 0.6) is 0 Å². The van der Waals surface area contributed by atoms with Crippen LogP contribution in [-0.2, 0) is 14.4 Å². The van der Waals surface area contributed by atoms with Gasteiger partial charge in [0.2, 0.25) is 11.8 Å². The first-order valence-electron chi connectivity index (χ1n) is 10.4. The number of Topliss-reactive ketones (excluding diaryl/α,β-unsaturated/α-hetero) is 1. The van der Waals surface area contributed by atoms with Gasteiger partial charge in [-0.05, 0) is 41.5 Å². The van der Waals surface area contributed by atoms with Gasteiger partial charge in [-0.2, -0.15) is 0 Å². The van der Waals surface area contributed by atoms with Crippen molar-refractivity contribution in [1.82, 2.24) is 4.90 Å². The Morgan fingerprint density at radius 3 is 2.26 bits per heavy atom. The summed E-state index contributed by atoms with van der Waals surface area (Å²) in [6.45, 7) is 5.49. The maximum Gasteiger partial charge on any atom is 0.240 e. The van der Waals surface area contributed by atoms with E-state index in [1.165, 1.54) is 24.3 Å². The highest BCUT2D eigenvalue weighted by molar-refractivity contribution is 6.24. The molecule has 3 aliphatic rings. The topological polar surface area (TPSA) is 57.7 Å². The number of rotatable bonds is 2. The lowest BCUT2D eigenvalue weighted by Gasteiger charge is -2.37. The molecule has 2 saturated heterocycles. The monoisotopic (exact) mass is 418 g/mol. The number of carbonyl (C=O) groups excluding carboxylic acids is 3. The fourth-order valence-corrected chi connectivity index (χ4v) is 5.15. The van der Waals surface area contributed by atoms with Crippen LogP contribution < -0.4 is 4.90 Å². The van der Waals surface area contributed by atoms with Gasteiger partial charge in [0.05, 0.1) is 23.6 Å². The standard InChI is InChI=1S/C25H23FN2O3/c1-25(2,3)22(29)21-19-18(20-17-7-5-4-6-14(17)12-13-27(20)21)23(30)28(24(19)31)16-10-8-15(26)9-11-16/h4-13,18-21H,1-3H3/t18-,19+,20+,21+/m0/s1. The largest absolute Gasteiger partial charge is 0.359 e. The Morgan fingerprint density at radius 1 is 0.935 bits per heavy atom. The lowest BCUT2D eigenvalue weighted by Crippen LogP contribution is -2.47. The molecule has 5 rings (SSSR count). The van der Waals surface area contributed by atoms with E-state index in [0.717, 1.165) is 16.0 Å². The second-order valence-corrected chi connectivity index (χ2v) is 9.44. The van der Waals surface area contributed by atoms with Gasteiger partial charge in [-0.3, -0.25) is 14.4 Å². The van der Waals surface area contributed by atoms with Crippen molar-refractivity contribution in [2.45, 2.75) is 32.9 Å². The average molecular weight is 418 g/mol. The first kappa shape index (κ1) is 19.7. The van der Waals surface area contributed by atoms with Crippen LogP contribution in [0.4, 0.5) is 10.1 Å². The predicted octanol–water partition coefficient (Wildman–Crippen LogP) is 3.96. The smallest absolute Gasteiger partial charge is 0.240 e. The number of benzene rings is 2. The summed E-state index contributed by atoms with van der Waals surface area (Å²) in [6.07, 6.45) is 3.78. The molecule has 2 aromatic carbocycles. The van der Waals surface area contributed by atoms with Gasteiger partial charge in [-0.15, -0.1) is 0 Å². The average Bonchev–Trinajstić information content (AvgIpc) is 3.20. The zero-order chi connectivity index (χ0) is 22.1. The molecular formula is C25H23FN2O3. The zero-order valence-corrected chi connectivity index (χ0v) is 17.6. The van der Waals surface area contributed by atoms with E-state index in [1.807, 2.05) is 62.2 Å². The third-order valence-electron chi connectivity index (χ3n) is 6.55. The molecule has 0 unspecified atom stereocenters. The zero-order valence-electron chi connectivity index (χ0n) is 17.6.